The van der Waals surface area contributed by atoms with Gasteiger partial charge in [-0.3, -0.25) is 10.1 Å². The molecule has 1 heterocycles. The predicted octanol–water partition coefficient (Wildman–Crippen LogP) is 6.28. The Bertz CT molecular complexity index is 1060. The van der Waals surface area contributed by atoms with Gasteiger partial charge in [0.25, 0.3) is 0 Å². The Kier molecular flexibility index (Phi) is 9.69. The molecule has 0 atom stereocenters. The average molecular weight is 517 g/mol. The molecule has 10 heteroatoms. The highest BCUT2D eigenvalue weighted by Crippen LogP contribution is 2.40. The fourth-order valence-corrected chi connectivity index (χ4v) is 5.17. The van der Waals surface area contributed by atoms with E-state index < -0.39 is 6.09 Å². The molecule has 0 spiro atoms. The second kappa shape index (κ2) is 12.7. The first-order valence-electron chi connectivity index (χ1n) is 12.5. The molecule has 36 heavy (non-hydrogen) atoms. The van der Waals surface area contributed by atoms with E-state index in [1.807, 2.05) is 26.1 Å². The zero-order chi connectivity index (χ0) is 26.2. The van der Waals surface area contributed by atoms with Crippen molar-refractivity contribution in [3.05, 3.63) is 29.4 Å². The van der Waals surface area contributed by atoms with E-state index in [-0.39, 0.29) is 30.3 Å². The first-order valence-corrected chi connectivity index (χ1v) is 13.3. The Labute approximate surface area is 216 Å². The SMILES string of the molecule is CCC(=O)Nc1cc(NC(=O)OC(C)C)ccc1-c1cnc([C@H]2CC[C@H](NC(=O)OC(C)C)CC2)s1. The largest absolute Gasteiger partial charge is 0.447 e. The summed E-state index contributed by atoms with van der Waals surface area (Å²) in [5, 5.41) is 9.64. The molecule has 2 aromatic rings. The zero-order valence-corrected chi connectivity index (χ0v) is 22.4. The zero-order valence-electron chi connectivity index (χ0n) is 21.6. The first-order chi connectivity index (χ1) is 17.1. The molecule has 0 aliphatic heterocycles. The third kappa shape index (κ3) is 7.94. The number of rotatable bonds is 8. The number of carbonyl (C=O) groups excluding carboxylic acids is 3. The second-order valence-electron chi connectivity index (χ2n) is 9.45. The van der Waals surface area contributed by atoms with Gasteiger partial charge in [0.05, 0.1) is 27.8 Å². The summed E-state index contributed by atoms with van der Waals surface area (Å²) in [6.45, 7) is 9.01. The van der Waals surface area contributed by atoms with Crippen LogP contribution in [0.2, 0.25) is 0 Å². The van der Waals surface area contributed by atoms with Gasteiger partial charge in [-0.1, -0.05) is 6.92 Å². The number of nitrogens with zero attached hydrogens (tertiary/aromatic N) is 1. The number of thiazole rings is 1. The minimum absolute atomic E-state index is 0.116. The van der Waals surface area contributed by atoms with Gasteiger partial charge >= 0.3 is 12.2 Å². The lowest BCUT2D eigenvalue weighted by Crippen LogP contribution is -2.38. The molecule has 1 fully saturated rings. The number of nitrogens with one attached hydrogen (secondary N) is 3. The lowest BCUT2D eigenvalue weighted by atomic mass is 9.86. The van der Waals surface area contributed by atoms with Crippen molar-refractivity contribution in [2.45, 2.75) is 90.9 Å². The van der Waals surface area contributed by atoms with E-state index in [1.165, 1.54) is 0 Å². The van der Waals surface area contributed by atoms with E-state index in [1.54, 1.807) is 44.2 Å². The number of anilines is 2. The van der Waals surface area contributed by atoms with Crippen molar-refractivity contribution in [1.29, 1.82) is 0 Å². The van der Waals surface area contributed by atoms with Crippen LogP contribution < -0.4 is 16.0 Å². The summed E-state index contributed by atoms with van der Waals surface area (Å²) in [6, 6.07) is 5.50. The molecule has 3 N–H and O–H groups in total. The number of ether oxygens (including phenoxy) is 2. The van der Waals surface area contributed by atoms with Crippen molar-refractivity contribution in [3.63, 3.8) is 0 Å². The topological polar surface area (TPSA) is 119 Å². The number of hydrogen-bond acceptors (Lipinski definition) is 7. The minimum atomic E-state index is -0.548. The number of alkyl carbamates (subject to hydrolysis) is 1. The Balaban J connectivity index is 1.70. The predicted molar refractivity (Wildman–Crippen MR) is 141 cm³/mol. The standard InChI is InChI=1S/C26H36N4O5S/c1-6-23(31)30-21-13-19(29-26(33)35-16(4)5)11-12-20(21)22-14-27-24(36-22)17-7-9-18(10-8-17)28-25(32)34-15(2)3/h11-18H,6-10H2,1-5H3,(H,28,32)(H,29,33)(H,30,31)/t17-,18-. The second-order valence-corrected chi connectivity index (χ2v) is 10.5. The number of amides is 3. The molecule has 3 rings (SSSR count). The average Bonchev–Trinajstić information content (AvgIpc) is 3.28. The van der Waals surface area contributed by atoms with E-state index in [2.05, 4.69) is 20.9 Å². The Morgan fingerprint density at radius 3 is 2.31 bits per heavy atom. The quantitative estimate of drug-likeness (QED) is 0.380. The summed E-state index contributed by atoms with van der Waals surface area (Å²) >= 11 is 1.61. The van der Waals surface area contributed by atoms with Gasteiger partial charge in [0, 0.05) is 35.8 Å². The Hall–Kier alpha value is -3.14. The van der Waals surface area contributed by atoms with Crippen LogP contribution in [-0.4, -0.2) is 41.3 Å². The van der Waals surface area contributed by atoms with Gasteiger partial charge in [-0.15, -0.1) is 11.3 Å². The monoisotopic (exact) mass is 516 g/mol. The van der Waals surface area contributed by atoms with Crippen molar-refractivity contribution in [2.24, 2.45) is 0 Å². The summed E-state index contributed by atoms with van der Waals surface area (Å²) in [7, 11) is 0. The fraction of sp³-hybridized carbons (Fsp3) is 0.538. The van der Waals surface area contributed by atoms with Gasteiger partial charge in [-0.05, 0) is 71.6 Å². The van der Waals surface area contributed by atoms with Crippen LogP contribution in [0.25, 0.3) is 10.4 Å². The normalized spacial score (nSPS) is 17.5. The minimum Gasteiger partial charge on any atom is -0.447 e. The maximum atomic E-state index is 12.2. The lowest BCUT2D eigenvalue weighted by molar-refractivity contribution is -0.115. The number of hydrogen-bond donors (Lipinski definition) is 3. The molecular formula is C26H36N4O5S. The third-order valence-corrected chi connectivity index (χ3v) is 6.93. The first kappa shape index (κ1) is 27.4. The highest BCUT2D eigenvalue weighted by atomic mass is 32.1. The van der Waals surface area contributed by atoms with Crippen molar-refractivity contribution >= 4 is 40.8 Å². The molecule has 0 bridgehead atoms. The maximum absolute atomic E-state index is 12.2. The van der Waals surface area contributed by atoms with Crippen LogP contribution in [0.15, 0.2) is 24.4 Å². The Morgan fingerprint density at radius 1 is 1.00 bits per heavy atom. The molecule has 9 nitrogen and oxygen atoms in total. The summed E-state index contributed by atoms with van der Waals surface area (Å²) in [4.78, 5) is 41.7. The molecule has 0 saturated heterocycles. The molecule has 1 aromatic heterocycles. The fourth-order valence-electron chi connectivity index (χ4n) is 4.04. The van der Waals surface area contributed by atoms with Crippen molar-refractivity contribution in [2.75, 3.05) is 10.6 Å². The molecule has 1 saturated carbocycles. The number of benzene rings is 1. The van der Waals surface area contributed by atoms with Crippen LogP contribution in [0.1, 0.15) is 77.6 Å². The van der Waals surface area contributed by atoms with Gasteiger partial charge in [0.1, 0.15) is 0 Å². The molecule has 0 unspecified atom stereocenters. The van der Waals surface area contributed by atoms with Gasteiger partial charge in [0.2, 0.25) is 5.91 Å². The summed E-state index contributed by atoms with van der Waals surface area (Å²) < 4.78 is 10.3. The van der Waals surface area contributed by atoms with Gasteiger partial charge in [-0.25, -0.2) is 14.6 Å². The smallest absolute Gasteiger partial charge is 0.411 e. The Morgan fingerprint density at radius 2 is 1.67 bits per heavy atom. The number of carbonyl (C=O) groups is 3. The van der Waals surface area contributed by atoms with Gasteiger partial charge in [0.15, 0.2) is 0 Å². The summed E-state index contributed by atoms with van der Waals surface area (Å²) in [5.74, 6) is 0.202. The van der Waals surface area contributed by atoms with E-state index in [9.17, 15) is 14.4 Å². The third-order valence-electron chi connectivity index (χ3n) is 5.73. The van der Waals surface area contributed by atoms with Crippen LogP contribution >= 0.6 is 11.3 Å². The molecule has 1 aromatic carbocycles. The molecule has 196 valence electrons. The van der Waals surface area contributed by atoms with Crippen molar-refractivity contribution < 1.29 is 23.9 Å². The van der Waals surface area contributed by atoms with E-state index in [4.69, 9.17) is 9.47 Å². The number of aromatic nitrogens is 1. The van der Waals surface area contributed by atoms with E-state index >= 15 is 0 Å². The lowest BCUT2D eigenvalue weighted by Gasteiger charge is -2.28. The van der Waals surface area contributed by atoms with Crippen LogP contribution in [0.4, 0.5) is 21.0 Å². The van der Waals surface area contributed by atoms with Crippen LogP contribution in [0, 0.1) is 0 Å². The van der Waals surface area contributed by atoms with Crippen molar-refractivity contribution in [1.82, 2.24) is 10.3 Å². The highest BCUT2D eigenvalue weighted by Gasteiger charge is 2.26. The molecule has 1 aliphatic rings. The van der Waals surface area contributed by atoms with Crippen molar-refractivity contribution in [3.8, 4) is 10.4 Å². The molecular weight excluding hydrogens is 480 g/mol. The summed E-state index contributed by atoms with van der Waals surface area (Å²) in [6.07, 6.45) is 4.49. The van der Waals surface area contributed by atoms with E-state index in [0.717, 1.165) is 41.1 Å². The van der Waals surface area contributed by atoms with Crippen LogP contribution in [0.5, 0.6) is 0 Å². The van der Waals surface area contributed by atoms with E-state index in [0.29, 0.717) is 23.7 Å². The summed E-state index contributed by atoms with van der Waals surface area (Å²) in [5.41, 5.74) is 1.98. The molecule has 1 aliphatic carbocycles. The van der Waals surface area contributed by atoms with Gasteiger partial charge in [-0.2, -0.15) is 0 Å². The molecule has 0 radical (unpaired) electrons. The van der Waals surface area contributed by atoms with Gasteiger partial charge < -0.3 is 20.1 Å². The van der Waals surface area contributed by atoms with Crippen LogP contribution in [-0.2, 0) is 14.3 Å². The maximum Gasteiger partial charge on any atom is 0.411 e. The highest BCUT2D eigenvalue weighted by molar-refractivity contribution is 7.15. The van der Waals surface area contributed by atoms with Crippen LogP contribution in [0.3, 0.4) is 0 Å². The molecule has 3 amide bonds.